The third-order valence-corrected chi connectivity index (χ3v) is 4.01. The lowest BCUT2D eigenvalue weighted by molar-refractivity contribution is -0.120. The lowest BCUT2D eigenvalue weighted by Crippen LogP contribution is -2.32. The van der Waals surface area contributed by atoms with Crippen molar-refractivity contribution in [3.05, 3.63) is 47.3 Å². The van der Waals surface area contributed by atoms with Crippen LogP contribution in [-0.4, -0.2) is 41.8 Å². The Morgan fingerprint density at radius 2 is 1.96 bits per heavy atom. The first kappa shape index (κ1) is 19.5. The van der Waals surface area contributed by atoms with E-state index in [2.05, 4.69) is 15.7 Å². The zero-order valence-electron chi connectivity index (χ0n) is 15.5. The Morgan fingerprint density at radius 1 is 1.19 bits per heavy atom. The zero-order chi connectivity index (χ0) is 18.9. The molecule has 0 fully saturated rings. The number of hydrogen-bond acceptors (Lipinski definition) is 4. The first-order chi connectivity index (χ1) is 12.5. The van der Waals surface area contributed by atoms with Gasteiger partial charge in [0.15, 0.2) is 0 Å². The number of para-hydroxylation sites is 1. The molecule has 2 amide bonds. The summed E-state index contributed by atoms with van der Waals surface area (Å²) in [5, 5.41) is 9.74. The van der Waals surface area contributed by atoms with Crippen LogP contribution < -0.4 is 15.4 Å². The van der Waals surface area contributed by atoms with E-state index in [1.807, 2.05) is 31.2 Å². The van der Waals surface area contributed by atoms with Crippen LogP contribution in [0.15, 0.2) is 30.3 Å². The van der Waals surface area contributed by atoms with Gasteiger partial charge in [0.1, 0.15) is 11.4 Å². The van der Waals surface area contributed by atoms with Gasteiger partial charge in [-0.2, -0.15) is 5.10 Å². The van der Waals surface area contributed by atoms with E-state index in [9.17, 15) is 9.59 Å². The standard InChI is InChI=1S/C19H26N4O3/c1-14-13-16(23(2)22-14)19(25)21-12-10-18(24)20-11-6-8-15-7-4-5-9-17(15)26-3/h4-5,7,9,13H,6,8,10-12H2,1-3H3,(H,20,24)(H,21,25). The fourth-order valence-electron chi connectivity index (χ4n) is 2.71. The highest BCUT2D eigenvalue weighted by atomic mass is 16.5. The van der Waals surface area contributed by atoms with Crippen LogP contribution in [0.3, 0.4) is 0 Å². The molecule has 0 aliphatic carbocycles. The second kappa shape index (κ2) is 9.60. The summed E-state index contributed by atoms with van der Waals surface area (Å²) in [6, 6.07) is 9.58. The summed E-state index contributed by atoms with van der Waals surface area (Å²) >= 11 is 0. The van der Waals surface area contributed by atoms with E-state index < -0.39 is 0 Å². The Labute approximate surface area is 153 Å². The van der Waals surface area contributed by atoms with Crippen LogP contribution in [0.5, 0.6) is 5.75 Å². The van der Waals surface area contributed by atoms with Crippen LogP contribution in [0, 0.1) is 6.92 Å². The largest absolute Gasteiger partial charge is 0.496 e. The summed E-state index contributed by atoms with van der Waals surface area (Å²) in [7, 11) is 3.37. The van der Waals surface area contributed by atoms with E-state index in [0.29, 0.717) is 18.8 Å². The molecule has 0 bridgehead atoms. The Bertz CT molecular complexity index is 755. The van der Waals surface area contributed by atoms with E-state index in [1.165, 1.54) is 4.68 Å². The molecule has 2 rings (SSSR count). The topological polar surface area (TPSA) is 85.2 Å². The Hall–Kier alpha value is -2.83. The van der Waals surface area contributed by atoms with Crippen molar-refractivity contribution in [2.24, 2.45) is 7.05 Å². The van der Waals surface area contributed by atoms with Crippen molar-refractivity contribution >= 4 is 11.8 Å². The maximum absolute atomic E-state index is 12.0. The van der Waals surface area contributed by atoms with Gasteiger partial charge in [0.05, 0.1) is 12.8 Å². The van der Waals surface area contributed by atoms with Crippen molar-refractivity contribution in [3.63, 3.8) is 0 Å². The molecule has 26 heavy (non-hydrogen) atoms. The molecule has 0 radical (unpaired) electrons. The predicted molar refractivity (Wildman–Crippen MR) is 99.2 cm³/mol. The van der Waals surface area contributed by atoms with Gasteiger partial charge < -0.3 is 15.4 Å². The maximum Gasteiger partial charge on any atom is 0.269 e. The molecule has 0 aliphatic rings. The summed E-state index contributed by atoms with van der Waals surface area (Å²) in [6.45, 7) is 2.71. The van der Waals surface area contributed by atoms with E-state index in [0.717, 1.165) is 29.8 Å². The highest BCUT2D eigenvalue weighted by molar-refractivity contribution is 5.92. The molecular formula is C19H26N4O3. The van der Waals surface area contributed by atoms with Crippen LogP contribution in [0.4, 0.5) is 0 Å². The number of rotatable bonds is 9. The first-order valence-electron chi connectivity index (χ1n) is 8.68. The molecule has 1 heterocycles. The molecule has 2 aromatic rings. The third kappa shape index (κ3) is 5.61. The smallest absolute Gasteiger partial charge is 0.269 e. The van der Waals surface area contributed by atoms with E-state index in [-0.39, 0.29) is 18.2 Å². The quantitative estimate of drug-likeness (QED) is 0.667. The van der Waals surface area contributed by atoms with Crippen LogP contribution in [-0.2, 0) is 18.3 Å². The lowest BCUT2D eigenvalue weighted by atomic mass is 10.1. The van der Waals surface area contributed by atoms with Crippen molar-refractivity contribution in [2.45, 2.75) is 26.2 Å². The average Bonchev–Trinajstić information content (AvgIpc) is 2.97. The van der Waals surface area contributed by atoms with Gasteiger partial charge in [-0.25, -0.2) is 0 Å². The Balaban J connectivity index is 1.63. The average molecular weight is 358 g/mol. The molecule has 0 aliphatic heterocycles. The number of benzene rings is 1. The fourth-order valence-corrected chi connectivity index (χ4v) is 2.71. The van der Waals surface area contributed by atoms with Crippen molar-refractivity contribution in [2.75, 3.05) is 20.2 Å². The number of amides is 2. The molecule has 0 unspecified atom stereocenters. The molecule has 1 aromatic heterocycles. The summed E-state index contributed by atoms with van der Waals surface area (Å²) in [4.78, 5) is 23.9. The monoisotopic (exact) mass is 358 g/mol. The van der Waals surface area contributed by atoms with Gasteiger partial charge in [-0.15, -0.1) is 0 Å². The van der Waals surface area contributed by atoms with E-state index in [1.54, 1.807) is 20.2 Å². The summed E-state index contributed by atoms with van der Waals surface area (Å²) in [6.07, 6.45) is 1.91. The molecule has 0 spiro atoms. The molecule has 140 valence electrons. The van der Waals surface area contributed by atoms with E-state index in [4.69, 9.17) is 4.74 Å². The summed E-state index contributed by atoms with van der Waals surface area (Å²) in [5.74, 6) is 0.565. The second-order valence-electron chi connectivity index (χ2n) is 6.07. The molecule has 7 nitrogen and oxygen atoms in total. The van der Waals surface area contributed by atoms with Crippen molar-refractivity contribution in [1.29, 1.82) is 0 Å². The van der Waals surface area contributed by atoms with Gasteiger partial charge in [-0.3, -0.25) is 14.3 Å². The number of nitrogens with zero attached hydrogens (tertiary/aromatic N) is 2. The minimum atomic E-state index is -0.225. The Morgan fingerprint density at radius 3 is 2.65 bits per heavy atom. The molecule has 0 saturated carbocycles. The van der Waals surface area contributed by atoms with E-state index >= 15 is 0 Å². The van der Waals surface area contributed by atoms with Crippen LogP contribution in [0.25, 0.3) is 0 Å². The number of carbonyl (C=O) groups is 2. The minimum absolute atomic E-state index is 0.0773. The molecular weight excluding hydrogens is 332 g/mol. The normalized spacial score (nSPS) is 10.4. The highest BCUT2D eigenvalue weighted by Crippen LogP contribution is 2.18. The van der Waals surface area contributed by atoms with Gasteiger partial charge in [0.2, 0.25) is 5.91 Å². The minimum Gasteiger partial charge on any atom is -0.496 e. The first-order valence-corrected chi connectivity index (χ1v) is 8.68. The highest BCUT2D eigenvalue weighted by Gasteiger charge is 2.11. The van der Waals surface area contributed by atoms with Crippen molar-refractivity contribution < 1.29 is 14.3 Å². The van der Waals surface area contributed by atoms with Gasteiger partial charge in [0.25, 0.3) is 5.91 Å². The van der Waals surface area contributed by atoms with Crippen molar-refractivity contribution in [3.8, 4) is 5.75 Å². The van der Waals surface area contributed by atoms with Crippen molar-refractivity contribution in [1.82, 2.24) is 20.4 Å². The molecule has 0 saturated heterocycles. The SMILES string of the molecule is COc1ccccc1CCCNC(=O)CCNC(=O)c1cc(C)nn1C. The predicted octanol–water partition coefficient (Wildman–Crippen LogP) is 1.61. The van der Waals surface area contributed by atoms with Gasteiger partial charge in [0, 0.05) is 26.6 Å². The fraction of sp³-hybridized carbons (Fsp3) is 0.421. The maximum atomic E-state index is 12.0. The number of carbonyl (C=O) groups excluding carboxylic acids is 2. The Kier molecular flexibility index (Phi) is 7.20. The third-order valence-electron chi connectivity index (χ3n) is 4.01. The summed E-state index contributed by atoms with van der Waals surface area (Å²) in [5.41, 5.74) is 2.40. The molecule has 0 atom stereocenters. The number of aromatic nitrogens is 2. The number of nitrogens with one attached hydrogen (secondary N) is 2. The molecule has 7 heteroatoms. The number of methoxy groups -OCH3 is 1. The molecule has 1 aromatic carbocycles. The summed E-state index contributed by atoms with van der Waals surface area (Å²) < 4.78 is 6.84. The van der Waals surface area contributed by atoms with Crippen LogP contribution in [0.2, 0.25) is 0 Å². The van der Waals surface area contributed by atoms with Gasteiger partial charge in [-0.1, -0.05) is 18.2 Å². The number of ether oxygens (including phenoxy) is 1. The lowest BCUT2D eigenvalue weighted by Gasteiger charge is -2.09. The number of hydrogen-bond donors (Lipinski definition) is 2. The van der Waals surface area contributed by atoms with Crippen LogP contribution >= 0.6 is 0 Å². The number of aryl methyl sites for hydroxylation is 3. The molecule has 2 N–H and O–H groups in total. The van der Waals surface area contributed by atoms with Gasteiger partial charge in [-0.05, 0) is 37.5 Å². The zero-order valence-corrected chi connectivity index (χ0v) is 15.5. The second-order valence-corrected chi connectivity index (χ2v) is 6.07. The van der Waals surface area contributed by atoms with Crippen LogP contribution in [0.1, 0.15) is 34.6 Å². The van der Waals surface area contributed by atoms with Gasteiger partial charge >= 0.3 is 0 Å².